The van der Waals surface area contributed by atoms with Crippen LogP contribution >= 0.6 is 22.2 Å². The number of rotatable bonds is 5. The van der Waals surface area contributed by atoms with E-state index in [0.29, 0.717) is 0 Å². The molecule has 0 aliphatic heterocycles. The molecule has 0 radical (unpaired) electrons. The molecule has 0 saturated heterocycles. The summed E-state index contributed by atoms with van der Waals surface area (Å²) in [7, 11) is -1.44. The molecule has 0 amide bonds. The maximum atomic E-state index is 5.93. The molecule has 4 heteroatoms. The van der Waals surface area contributed by atoms with Gasteiger partial charge in [-0.1, -0.05) is 42.8 Å². The summed E-state index contributed by atoms with van der Waals surface area (Å²) >= 11 is 11.9. The zero-order valence-electron chi connectivity index (χ0n) is 11.2. The molecular weight excluding hydrogens is 305 g/mol. The topological polar surface area (TPSA) is 4.93 Å². The molecule has 0 aliphatic rings. The molecule has 1 nitrogen and oxygen atoms in total. The molecule has 0 unspecified atom stereocenters. The molecule has 1 heterocycles. The van der Waals surface area contributed by atoms with Gasteiger partial charge in [0.2, 0.25) is 7.42 Å². The Morgan fingerprint density at radius 2 is 1.35 bits per heavy atom. The second-order valence-corrected chi connectivity index (χ2v) is 10.3. The monoisotopic (exact) mass is 321 g/mol. The average molecular weight is 322 g/mol. The van der Waals surface area contributed by atoms with Crippen LogP contribution in [0, 0.1) is 0 Å². The lowest BCUT2D eigenvalue weighted by Crippen LogP contribution is -1.99. The van der Waals surface area contributed by atoms with Crippen LogP contribution < -0.4 is 0 Å². The Hall–Kier alpha value is -0.963. The summed E-state index contributed by atoms with van der Waals surface area (Å²) in [6.45, 7) is 1.03. The predicted molar refractivity (Wildman–Crippen MR) is 92.3 cm³/mol. The van der Waals surface area contributed by atoms with Crippen molar-refractivity contribution in [2.45, 2.75) is 25.4 Å². The molecular formula is C16H17Cl2NSi. The number of hydrogen-bond donors (Lipinski definition) is 0. The lowest BCUT2D eigenvalue weighted by atomic mass is 10.2. The van der Waals surface area contributed by atoms with E-state index in [1.165, 1.54) is 21.8 Å². The summed E-state index contributed by atoms with van der Waals surface area (Å²) < 4.78 is 2.42. The van der Waals surface area contributed by atoms with Gasteiger partial charge in [0.1, 0.15) is 0 Å². The van der Waals surface area contributed by atoms with E-state index in [1.54, 1.807) is 0 Å². The number of para-hydroxylation sites is 2. The highest BCUT2D eigenvalue weighted by molar-refractivity contribution is 7.33. The van der Waals surface area contributed by atoms with Crippen molar-refractivity contribution < 1.29 is 0 Å². The zero-order valence-corrected chi connectivity index (χ0v) is 13.9. The van der Waals surface area contributed by atoms with Crippen molar-refractivity contribution in [2.24, 2.45) is 0 Å². The lowest BCUT2D eigenvalue weighted by molar-refractivity contribution is 0.664. The average Bonchev–Trinajstić information content (AvgIpc) is 2.78. The Morgan fingerprint density at radius 3 is 1.90 bits per heavy atom. The Balaban J connectivity index is 1.95. The highest BCUT2D eigenvalue weighted by Gasteiger charge is 2.09. The molecule has 0 N–H and O–H groups in total. The van der Waals surface area contributed by atoms with Crippen LogP contribution in [-0.2, 0) is 6.54 Å². The van der Waals surface area contributed by atoms with Crippen molar-refractivity contribution in [3.63, 3.8) is 0 Å². The second kappa shape index (κ2) is 6.21. The first kappa shape index (κ1) is 14.0. The lowest BCUT2D eigenvalue weighted by Gasteiger charge is -2.07. The number of fused-ring (bicyclic) bond motifs is 3. The number of halogens is 2. The summed E-state index contributed by atoms with van der Waals surface area (Å²) in [5, 5.41) is 2.68. The SMILES string of the molecule is Cl[SiH](Cl)CCCCn1c2ccccc2c2ccccc21. The minimum Gasteiger partial charge on any atom is -0.340 e. The van der Waals surface area contributed by atoms with E-state index in [9.17, 15) is 0 Å². The smallest absolute Gasteiger partial charge is 0.237 e. The van der Waals surface area contributed by atoms with Gasteiger partial charge in [0, 0.05) is 28.4 Å². The van der Waals surface area contributed by atoms with Crippen LogP contribution in [0.3, 0.4) is 0 Å². The van der Waals surface area contributed by atoms with E-state index in [4.69, 9.17) is 22.2 Å². The third-order valence-corrected chi connectivity index (χ3v) is 5.89. The summed E-state index contributed by atoms with van der Waals surface area (Å²) in [5.74, 6) is 0. The minimum absolute atomic E-state index is 1.00. The van der Waals surface area contributed by atoms with Gasteiger partial charge < -0.3 is 4.57 Å². The van der Waals surface area contributed by atoms with Gasteiger partial charge in [0.05, 0.1) is 0 Å². The third kappa shape index (κ3) is 2.73. The molecule has 0 spiro atoms. The van der Waals surface area contributed by atoms with Crippen molar-refractivity contribution >= 4 is 51.4 Å². The van der Waals surface area contributed by atoms with E-state index in [1.807, 2.05) is 0 Å². The second-order valence-electron chi connectivity index (χ2n) is 5.07. The van der Waals surface area contributed by atoms with Crippen molar-refractivity contribution in [1.82, 2.24) is 4.57 Å². The standard InChI is InChI=1S/C16H17Cl2NSi/c17-20(18)12-6-5-11-19-15-9-3-1-7-13(15)14-8-2-4-10-16(14)19/h1-4,7-10,20H,5-6,11-12H2. The first-order valence-electron chi connectivity index (χ1n) is 7.01. The van der Waals surface area contributed by atoms with Gasteiger partial charge in [-0.3, -0.25) is 0 Å². The van der Waals surface area contributed by atoms with Gasteiger partial charge in [0.15, 0.2) is 0 Å². The number of hydrogen-bond acceptors (Lipinski definition) is 0. The molecule has 0 atom stereocenters. The fourth-order valence-electron chi connectivity index (χ4n) is 2.81. The molecule has 3 rings (SSSR count). The summed E-state index contributed by atoms with van der Waals surface area (Å²) in [5.41, 5.74) is 2.64. The molecule has 0 aliphatic carbocycles. The van der Waals surface area contributed by atoms with Gasteiger partial charge in [-0.05, 0) is 24.6 Å². The third-order valence-electron chi connectivity index (χ3n) is 3.73. The Bertz CT molecular complexity index is 667. The van der Waals surface area contributed by atoms with Crippen LogP contribution in [0.1, 0.15) is 12.8 Å². The summed E-state index contributed by atoms with van der Waals surface area (Å²) in [6, 6.07) is 18.2. The molecule has 3 aromatic rings. The minimum atomic E-state index is -1.44. The van der Waals surface area contributed by atoms with Crippen LogP contribution in [0.4, 0.5) is 0 Å². The number of aromatic nitrogens is 1. The zero-order chi connectivity index (χ0) is 13.9. The number of unbranched alkanes of at least 4 members (excludes halogenated alkanes) is 1. The molecule has 0 bridgehead atoms. The van der Waals surface area contributed by atoms with Gasteiger partial charge in [-0.15, -0.1) is 0 Å². The van der Waals surface area contributed by atoms with Crippen LogP contribution in [0.15, 0.2) is 48.5 Å². The molecule has 20 heavy (non-hydrogen) atoms. The Labute approximate surface area is 130 Å². The van der Waals surface area contributed by atoms with Gasteiger partial charge in [-0.25, -0.2) is 0 Å². The normalized spacial score (nSPS) is 11.8. The molecule has 104 valence electrons. The molecule has 1 aromatic heterocycles. The summed E-state index contributed by atoms with van der Waals surface area (Å²) in [4.78, 5) is 0. The Kier molecular flexibility index (Phi) is 4.34. The van der Waals surface area contributed by atoms with Crippen molar-refractivity contribution in [3.05, 3.63) is 48.5 Å². The first-order chi connectivity index (χ1) is 9.77. The van der Waals surface area contributed by atoms with E-state index < -0.39 is 7.42 Å². The first-order valence-corrected chi connectivity index (χ1v) is 11.3. The quantitative estimate of drug-likeness (QED) is 0.342. The maximum absolute atomic E-state index is 5.93. The van der Waals surface area contributed by atoms with Crippen LogP contribution in [0.5, 0.6) is 0 Å². The molecule has 0 fully saturated rings. The fraction of sp³-hybridized carbons (Fsp3) is 0.250. The maximum Gasteiger partial charge on any atom is 0.237 e. The van der Waals surface area contributed by atoms with Crippen LogP contribution in [0.25, 0.3) is 21.8 Å². The van der Waals surface area contributed by atoms with Gasteiger partial charge in [0.25, 0.3) is 0 Å². The predicted octanol–water partition coefficient (Wildman–Crippen LogP) is 5.27. The number of benzene rings is 2. The van der Waals surface area contributed by atoms with E-state index in [2.05, 4.69) is 53.1 Å². The van der Waals surface area contributed by atoms with E-state index in [-0.39, 0.29) is 0 Å². The Morgan fingerprint density at radius 1 is 0.800 bits per heavy atom. The van der Waals surface area contributed by atoms with Crippen molar-refractivity contribution in [3.8, 4) is 0 Å². The van der Waals surface area contributed by atoms with Crippen molar-refractivity contribution in [1.29, 1.82) is 0 Å². The highest BCUT2D eigenvalue weighted by atomic mass is 35.7. The van der Waals surface area contributed by atoms with Crippen LogP contribution in [-0.4, -0.2) is 12.0 Å². The largest absolute Gasteiger partial charge is 0.340 e. The van der Waals surface area contributed by atoms with Gasteiger partial charge in [-0.2, -0.15) is 22.2 Å². The number of aryl methyl sites for hydroxylation is 1. The molecule has 0 saturated carbocycles. The van der Waals surface area contributed by atoms with Gasteiger partial charge >= 0.3 is 0 Å². The van der Waals surface area contributed by atoms with E-state index in [0.717, 1.165) is 25.4 Å². The summed E-state index contributed by atoms with van der Waals surface area (Å²) in [6.07, 6.45) is 2.25. The molecule has 2 aromatic carbocycles. The van der Waals surface area contributed by atoms with E-state index >= 15 is 0 Å². The number of nitrogens with zero attached hydrogens (tertiary/aromatic N) is 1. The van der Waals surface area contributed by atoms with Crippen molar-refractivity contribution in [2.75, 3.05) is 0 Å². The highest BCUT2D eigenvalue weighted by Crippen LogP contribution is 2.29. The fourth-order valence-corrected chi connectivity index (χ4v) is 4.34. The van der Waals surface area contributed by atoms with Crippen LogP contribution in [0.2, 0.25) is 6.04 Å².